The van der Waals surface area contributed by atoms with Crippen LogP contribution in [0.25, 0.3) is 16.6 Å². The third-order valence-corrected chi connectivity index (χ3v) is 15.1. The van der Waals surface area contributed by atoms with E-state index in [1.807, 2.05) is 24.3 Å². The number of H-pyrrole nitrogens is 1. The lowest BCUT2D eigenvalue weighted by molar-refractivity contribution is -0.386. The van der Waals surface area contributed by atoms with Crippen molar-refractivity contribution in [3.8, 4) is 17.2 Å². The summed E-state index contributed by atoms with van der Waals surface area (Å²) in [6.45, 7) is 11.4. The van der Waals surface area contributed by atoms with Gasteiger partial charge in [-0.2, -0.15) is 0 Å². The van der Waals surface area contributed by atoms with Gasteiger partial charge >= 0.3 is 5.69 Å². The minimum atomic E-state index is -4.62. The first-order chi connectivity index (χ1) is 31.8. The van der Waals surface area contributed by atoms with Crippen molar-refractivity contribution in [2.45, 2.75) is 75.8 Å². The maximum atomic E-state index is 14.2. The van der Waals surface area contributed by atoms with E-state index in [1.54, 1.807) is 24.5 Å². The molecule has 0 atom stereocenters. The number of sulfonamides is 1. The molecular formula is C49H56ClN7O8S. The fourth-order valence-corrected chi connectivity index (χ4v) is 10.9. The molecule has 4 aliphatic rings. The number of amides is 1. The normalized spacial score (nSPS) is 20.9. The van der Waals surface area contributed by atoms with Gasteiger partial charge in [0.2, 0.25) is 0 Å². The third kappa shape index (κ3) is 10.4. The number of halogens is 1. The summed E-state index contributed by atoms with van der Waals surface area (Å²) in [6.07, 6.45) is 9.39. The maximum Gasteiger partial charge on any atom is 0.312 e. The van der Waals surface area contributed by atoms with Crippen molar-refractivity contribution in [3.63, 3.8) is 0 Å². The Labute approximate surface area is 390 Å². The predicted molar refractivity (Wildman–Crippen MR) is 254 cm³/mol. The summed E-state index contributed by atoms with van der Waals surface area (Å²) >= 11 is 6.26. The number of fused-ring (bicyclic) bond motifs is 1. The maximum absolute atomic E-state index is 14.2. The molecule has 0 radical (unpaired) electrons. The van der Waals surface area contributed by atoms with Crippen molar-refractivity contribution in [1.29, 1.82) is 0 Å². The first-order valence-corrected chi connectivity index (χ1v) is 24.7. The quantitative estimate of drug-likeness (QED) is 0.0850. The number of anilines is 1. The van der Waals surface area contributed by atoms with E-state index in [1.165, 1.54) is 34.9 Å². The molecule has 5 aromatic rings. The van der Waals surface area contributed by atoms with Gasteiger partial charge in [-0.3, -0.25) is 24.7 Å². The molecule has 1 amide bonds. The van der Waals surface area contributed by atoms with Crippen LogP contribution < -0.4 is 19.1 Å². The van der Waals surface area contributed by atoms with Crippen LogP contribution in [0.4, 0.5) is 11.4 Å². The van der Waals surface area contributed by atoms with Gasteiger partial charge in [-0.25, -0.2) is 18.1 Å². The molecule has 3 aromatic carbocycles. The van der Waals surface area contributed by atoms with E-state index < -0.39 is 31.4 Å². The number of hydrogen-bond donors (Lipinski definition) is 2. The van der Waals surface area contributed by atoms with Gasteiger partial charge < -0.3 is 24.1 Å². The first-order valence-electron chi connectivity index (χ1n) is 22.8. The number of para-hydroxylation sites is 1. The van der Waals surface area contributed by atoms with Crippen LogP contribution in [0, 0.1) is 15.5 Å². The lowest BCUT2D eigenvalue weighted by Crippen LogP contribution is -2.47. The van der Waals surface area contributed by atoms with Crippen molar-refractivity contribution < 1.29 is 32.3 Å². The second-order valence-corrected chi connectivity index (χ2v) is 20.7. The molecule has 66 heavy (non-hydrogen) atoms. The number of hydrogen-bond acceptors (Lipinski definition) is 12. The van der Waals surface area contributed by atoms with Crippen molar-refractivity contribution >= 4 is 55.5 Å². The molecule has 2 aromatic heterocycles. The molecule has 3 fully saturated rings. The van der Waals surface area contributed by atoms with Crippen molar-refractivity contribution in [2.75, 3.05) is 63.9 Å². The number of allylic oxidation sites excluding steroid dienone is 1. The van der Waals surface area contributed by atoms with Crippen LogP contribution in [-0.2, 0) is 14.8 Å². The van der Waals surface area contributed by atoms with Crippen LogP contribution in [0.15, 0.2) is 95.7 Å². The van der Waals surface area contributed by atoms with Crippen LogP contribution in [0.1, 0.15) is 74.7 Å². The highest BCUT2D eigenvalue weighted by Gasteiger charge is 2.33. The van der Waals surface area contributed by atoms with Gasteiger partial charge in [0.1, 0.15) is 11.4 Å². The Morgan fingerprint density at radius 2 is 1.74 bits per heavy atom. The zero-order chi connectivity index (χ0) is 46.0. The second kappa shape index (κ2) is 19.4. The molecule has 2 saturated heterocycles. The Hall–Kier alpha value is -5.52. The van der Waals surface area contributed by atoms with Crippen LogP contribution in [0.3, 0.4) is 0 Å². The number of rotatable bonds is 13. The Morgan fingerprint density at radius 1 is 0.985 bits per heavy atom. The van der Waals surface area contributed by atoms with E-state index in [9.17, 15) is 23.3 Å². The molecular weight excluding hydrogens is 882 g/mol. The van der Waals surface area contributed by atoms with Gasteiger partial charge in [-0.15, -0.1) is 0 Å². The van der Waals surface area contributed by atoms with Gasteiger partial charge in [0.15, 0.2) is 11.5 Å². The molecule has 9 rings (SSSR count). The van der Waals surface area contributed by atoms with Crippen LogP contribution in [0.5, 0.6) is 17.2 Å². The zero-order valence-corrected chi connectivity index (χ0v) is 38.9. The fraction of sp³-hybridized carbons (Fsp3) is 0.429. The highest BCUT2D eigenvalue weighted by atomic mass is 35.5. The molecule has 2 aliphatic carbocycles. The zero-order valence-electron chi connectivity index (χ0n) is 37.3. The minimum absolute atomic E-state index is 0.0157. The van der Waals surface area contributed by atoms with E-state index in [-0.39, 0.29) is 28.6 Å². The number of carbonyl (C=O) groups is 1. The molecule has 4 heterocycles. The number of benzene rings is 3. The summed E-state index contributed by atoms with van der Waals surface area (Å²) in [6, 6.07) is 20.7. The van der Waals surface area contributed by atoms with Gasteiger partial charge in [-0.1, -0.05) is 49.2 Å². The average molecular weight is 939 g/mol. The highest BCUT2D eigenvalue weighted by Crippen LogP contribution is 2.44. The molecule has 2 N–H and O–H groups in total. The van der Waals surface area contributed by atoms with Gasteiger partial charge in [0.05, 0.1) is 46.6 Å². The summed E-state index contributed by atoms with van der Waals surface area (Å²) in [5.41, 5.74) is 4.99. The average Bonchev–Trinajstić information content (AvgIpc) is 3.79. The van der Waals surface area contributed by atoms with E-state index in [4.69, 9.17) is 25.8 Å². The van der Waals surface area contributed by atoms with Gasteiger partial charge in [0.25, 0.3) is 15.9 Å². The molecule has 0 unspecified atom stereocenters. The summed E-state index contributed by atoms with van der Waals surface area (Å²) in [5.74, 6) is -0.454. The fourth-order valence-electron chi connectivity index (χ4n) is 9.83. The smallest absolute Gasteiger partial charge is 0.312 e. The largest absolute Gasteiger partial charge is 0.484 e. The lowest BCUT2D eigenvalue weighted by Gasteiger charge is -2.39. The Balaban J connectivity index is 0.930. The number of carbonyl (C=O) groups excluding carboxylic acids is 1. The number of nitro benzene ring substituents is 1. The molecule has 15 nitrogen and oxygen atoms in total. The molecule has 17 heteroatoms. The molecule has 2 aliphatic heterocycles. The van der Waals surface area contributed by atoms with Crippen LogP contribution in [-0.4, -0.2) is 110 Å². The summed E-state index contributed by atoms with van der Waals surface area (Å²) in [5, 5.41) is 13.8. The topological polar surface area (TPSA) is 172 Å². The van der Waals surface area contributed by atoms with Gasteiger partial charge in [-0.05, 0) is 110 Å². The second-order valence-electron chi connectivity index (χ2n) is 18.6. The SMILES string of the molecule is CC1(C)CCC(CN2CCN(c3cccc(C(=O)NS(=O)(=O)c4ccc(O[C@H]5CC[C@H](N6CCOCC6)CC5)c([N+](=O)[O-])c4)c3Oc3cnc4[nH]ccc4c3)CC2)=C(c2ccc(Cl)cc2)C1. The van der Waals surface area contributed by atoms with E-state index >= 15 is 0 Å². The third-order valence-electron chi connectivity index (χ3n) is 13.5. The van der Waals surface area contributed by atoms with E-state index in [2.05, 4.69) is 55.4 Å². The van der Waals surface area contributed by atoms with E-state index in [0.717, 1.165) is 81.3 Å². The summed E-state index contributed by atoms with van der Waals surface area (Å²) in [7, 11) is -4.62. The molecule has 348 valence electrons. The number of nitro groups is 1. The molecule has 0 bridgehead atoms. The van der Waals surface area contributed by atoms with E-state index in [0.29, 0.717) is 62.3 Å². The Morgan fingerprint density at radius 3 is 2.48 bits per heavy atom. The number of ether oxygens (including phenoxy) is 3. The standard InChI is InChI=1S/C49H56ClN7O8S/c1-49(2)18-16-35(42(30-49)33-6-8-36(50)9-7-33)32-54-20-22-56(23-21-54)43-5-3-4-41(46(43)65-39-28-34-17-19-51-47(34)52-31-39)48(58)53-66(61,62)40-14-15-45(44(29-40)57(59)60)64-38-12-10-37(11-13-38)55-24-26-63-27-25-55/h3-9,14-15,17,19,28-29,31,37-38H,10-13,16,18,20-27,30,32H2,1-2H3,(H,51,52)(H,53,58)/t37-,38-. The number of morpholine rings is 1. The van der Waals surface area contributed by atoms with Crippen molar-refractivity contribution in [3.05, 3.63) is 117 Å². The first kappa shape index (κ1) is 45.6. The van der Waals surface area contributed by atoms with Crippen LogP contribution in [0.2, 0.25) is 5.02 Å². The van der Waals surface area contributed by atoms with Crippen LogP contribution >= 0.6 is 11.6 Å². The Kier molecular flexibility index (Phi) is 13.4. The van der Waals surface area contributed by atoms with Crippen molar-refractivity contribution in [2.24, 2.45) is 5.41 Å². The van der Waals surface area contributed by atoms with Gasteiger partial charge in [0, 0.05) is 74.5 Å². The number of nitrogens with zero attached hydrogens (tertiary/aromatic N) is 5. The monoisotopic (exact) mass is 937 g/mol. The van der Waals surface area contributed by atoms with Crippen molar-refractivity contribution in [1.82, 2.24) is 24.5 Å². The summed E-state index contributed by atoms with van der Waals surface area (Å²) < 4.78 is 48.2. The minimum Gasteiger partial charge on any atom is -0.484 e. The lowest BCUT2D eigenvalue weighted by atomic mass is 9.72. The molecule has 1 saturated carbocycles. The molecule has 0 spiro atoms. The number of aromatic amines is 1. The summed E-state index contributed by atoms with van der Waals surface area (Å²) in [4.78, 5) is 40.0. The number of piperazine rings is 1. The number of aromatic nitrogens is 2. The highest BCUT2D eigenvalue weighted by molar-refractivity contribution is 7.90. The Bertz CT molecular complexity index is 2720. The predicted octanol–water partition coefficient (Wildman–Crippen LogP) is 8.84. The number of nitrogens with one attached hydrogen (secondary N) is 2. The number of pyridine rings is 1.